The fraction of sp³-hybridized carbons (Fsp3) is 0.750. The zero-order chi connectivity index (χ0) is 17.9. The molecule has 1 amide bonds. The third kappa shape index (κ3) is 3.97. The number of aryl methyl sites for hydroxylation is 2. The molecule has 1 saturated heterocycles. The predicted molar refractivity (Wildman–Crippen MR) is 91.2 cm³/mol. The predicted octanol–water partition coefficient (Wildman–Crippen LogP) is 1.72. The van der Waals surface area contributed by atoms with Gasteiger partial charge in [-0.25, -0.2) is 8.42 Å². The van der Waals surface area contributed by atoms with E-state index in [1.54, 1.807) is 0 Å². The number of aromatic nitrogens is 1. The number of hydrogen-bond donors (Lipinski definition) is 1. The van der Waals surface area contributed by atoms with Gasteiger partial charge >= 0.3 is 0 Å². The lowest BCUT2D eigenvalue weighted by Gasteiger charge is -2.24. The highest BCUT2D eigenvalue weighted by molar-refractivity contribution is 7.89. The van der Waals surface area contributed by atoms with E-state index in [0.29, 0.717) is 25.9 Å². The van der Waals surface area contributed by atoms with Gasteiger partial charge in [0.1, 0.15) is 11.8 Å². The molecule has 8 heteroatoms. The maximum Gasteiger partial charge on any atom is 0.238 e. The van der Waals surface area contributed by atoms with Crippen molar-refractivity contribution in [3.8, 4) is 0 Å². The zero-order valence-corrected chi connectivity index (χ0v) is 15.6. The van der Waals surface area contributed by atoms with E-state index in [1.165, 1.54) is 4.31 Å². The number of carbonyl (C=O) groups excluding carboxylic acids is 1. The molecule has 1 aromatic rings. The molecule has 136 valence electrons. The molecule has 0 saturated carbocycles. The summed E-state index contributed by atoms with van der Waals surface area (Å²) in [6.45, 7) is 8.41. The van der Waals surface area contributed by atoms with Gasteiger partial charge < -0.3 is 9.84 Å². The molecule has 0 spiro atoms. The standard InChI is InChI=1S/C16H27N3O4S/c1-5-9-24(21,22)19-8-6-7-14(19)16(20)17-10-11(2)15-12(3)18-23-13(15)4/h11,14H,5-10H2,1-4H3,(H,17,20). The molecule has 1 N–H and O–H groups in total. The van der Waals surface area contributed by atoms with Crippen LogP contribution in [0.1, 0.15) is 56.0 Å². The van der Waals surface area contributed by atoms with Gasteiger partial charge in [-0.2, -0.15) is 4.31 Å². The lowest BCUT2D eigenvalue weighted by Crippen LogP contribution is -2.47. The van der Waals surface area contributed by atoms with Gasteiger partial charge in [0, 0.05) is 24.6 Å². The van der Waals surface area contributed by atoms with E-state index in [0.717, 1.165) is 23.4 Å². The first-order valence-corrected chi connectivity index (χ1v) is 10.1. The van der Waals surface area contributed by atoms with Gasteiger partial charge in [0.05, 0.1) is 11.4 Å². The zero-order valence-electron chi connectivity index (χ0n) is 14.8. The molecule has 7 nitrogen and oxygen atoms in total. The molecule has 2 atom stereocenters. The number of nitrogens with one attached hydrogen (secondary N) is 1. The van der Waals surface area contributed by atoms with Crippen LogP contribution in [0.3, 0.4) is 0 Å². The molecule has 1 aromatic heterocycles. The third-order valence-corrected chi connectivity index (χ3v) is 6.57. The SMILES string of the molecule is CCCS(=O)(=O)N1CCCC1C(=O)NCC(C)c1c(C)noc1C. The van der Waals surface area contributed by atoms with Crippen LogP contribution in [0.15, 0.2) is 4.52 Å². The first kappa shape index (κ1) is 18.9. The summed E-state index contributed by atoms with van der Waals surface area (Å²) in [7, 11) is -3.35. The molecule has 1 aliphatic heterocycles. The van der Waals surface area contributed by atoms with Crippen LogP contribution in [0.5, 0.6) is 0 Å². The second-order valence-corrected chi connectivity index (χ2v) is 8.51. The largest absolute Gasteiger partial charge is 0.361 e. The Morgan fingerprint density at radius 3 is 2.75 bits per heavy atom. The highest BCUT2D eigenvalue weighted by Crippen LogP contribution is 2.24. The van der Waals surface area contributed by atoms with Crippen LogP contribution in [0.25, 0.3) is 0 Å². The molecule has 1 aliphatic rings. The third-order valence-electron chi connectivity index (χ3n) is 4.49. The summed E-state index contributed by atoms with van der Waals surface area (Å²) in [5.41, 5.74) is 1.82. The molecular weight excluding hydrogens is 330 g/mol. The summed E-state index contributed by atoms with van der Waals surface area (Å²) in [6.07, 6.45) is 1.85. The van der Waals surface area contributed by atoms with Gasteiger partial charge in [-0.05, 0) is 33.1 Å². The Morgan fingerprint density at radius 2 is 2.17 bits per heavy atom. The molecular formula is C16H27N3O4S. The van der Waals surface area contributed by atoms with E-state index in [2.05, 4.69) is 10.5 Å². The van der Waals surface area contributed by atoms with Gasteiger partial charge in [0.2, 0.25) is 15.9 Å². The minimum absolute atomic E-state index is 0.0577. The Labute approximate surface area is 143 Å². The van der Waals surface area contributed by atoms with Crippen molar-refractivity contribution in [2.45, 2.75) is 58.9 Å². The van der Waals surface area contributed by atoms with E-state index in [4.69, 9.17) is 4.52 Å². The van der Waals surface area contributed by atoms with Gasteiger partial charge in [0.15, 0.2) is 0 Å². The van der Waals surface area contributed by atoms with Crippen molar-refractivity contribution in [1.82, 2.24) is 14.8 Å². The Morgan fingerprint density at radius 1 is 1.46 bits per heavy atom. The van der Waals surface area contributed by atoms with E-state index in [-0.39, 0.29) is 17.6 Å². The molecule has 1 fully saturated rings. The minimum Gasteiger partial charge on any atom is -0.361 e. The Bertz CT molecular complexity index is 664. The average Bonchev–Trinajstić information content (AvgIpc) is 3.12. The summed E-state index contributed by atoms with van der Waals surface area (Å²) >= 11 is 0. The fourth-order valence-corrected chi connectivity index (χ4v) is 5.12. The summed E-state index contributed by atoms with van der Waals surface area (Å²) in [5.74, 6) is 0.682. The first-order valence-electron chi connectivity index (χ1n) is 8.48. The smallest absolute Gasteiger partial charge is 0.238 e. The number of rotatable bonds is 7. The summed E-state index contributed by atoms with van der Waals surface area (Å²) in [5, 5.41) is 6.83. The second-order valence-electron chi connectivity index (χ2n) is 6.47. The topological polar surface area (TPSA) is 92.5 Å². The van der Waals surface area contributed by atoms with Crippen LogP contribution >= 0.6 is 0 Å². The van der Waals surface area contributed by atoms with E-state index in [1.807, 2.05) is 27.7 Å². The van der Waals surface area contributed by atoms with Crippen molar-refractivity contribution < 1.29 is 17.7 Å². The maximum atomic E-state index is 12.5. The lowest BCUT2D eigenvalue weighted by molar-refractivity contribution is -0.124. The highest BCUT2D eigenvalue weighted by atomic mass is 32.2. The second kappa shape index (κ2) is 7.65. The normalized spacial score (nSPS) is 20.2. The van der Waals surface area contributed by atoms with Crippen molar-refractivity contribution in [2.24, 2.45) is 0 Å². The fourth-order valence-electron chi connectivity index (χ4n) is 3.38. The van der Waals surface area contributed by atoms with Crippen molar-refractivity contribution in [2.75, 3.05) is 18.8 Å². The molecule has 2 heterocycles. The van der Waals surface area contributed by atoms with Gasteiger partial charge in [-0.3, -0.25) is 4.79 Å². The summed E-state index contributed by atoms with van der Waals surface area (Å²) < 4.78 is 31.1. The number of sulfonamides is 1. The number of nitrogens with zero attached hydrogens (tertiary/aromatic N) is 2. The van der Waals surface area contributed by atoms with Crippen LogP contribution in [-0.2, 0) is 14.8 Å². The monoisotopic (exact) mass is 357 g/mol. The molecule has 0 bridgehead atoms. The van der Waals surface area contributed by atoms with Crippen molar-refractivity contribution >= 4 is 15.9 Å². The van der Waals surface area contributed by atoms with Crippen LogP contribution in [0.4, 0.5) is 0 Å². The molecule has 24 heavy (non-hydrogen) atoms. The van der Waals surface area contributed by atoms with Crippen LogP contribution < -0.4 is 5.32 Å². The van der Waals surface area contributed by atoms with Crippen LogP contribution in [-0.4, -0.2) is 48.7 Å². The first-order chi connectivity index (χ1) is 11.3. The van der Waals surface area contributed by atoms with Crippen LogP contribution in [0.2, 0.25) is 0 Å². The minimum atomic E-state index is -3.35. The highest BCUT2D eigenvalue weighted by Gasteiger charge is 2.38. The average molecular weight is 357 g/mol. The van der Waals surface area contributed by atoms with Crippen molar-refractivity contribution in [1.29, 1.82) is 0 Å². The molecule has 0 aromatic carbocycles. The summed E-state index contributed by atoms with van der Waals surface area (Å²) in [6, 6.07) is -0.585. The quantitative estimate of drug-likeness (QED) is 0.802. The Kier molecular flexibility index (Phi) is 6.03. The van der Waals surface area contributed by atoms with Gasteiger partial charge in [0.25, 0.3) is 0 Å². The Balaban J connectivity index is 1.99. The molecule has 0 radical (unpaired) electrons. The number of carbonyl (C=O) groups is 1. The molecule has 2 unspecified atom stereocenters. The number of hydrogen-bond acceptors (Lipinski definition) is 5. The number of amides is 1. The van der Waals surface area contributed by atoms with E-state index >= 15 is 0 Å². The summed E-state index contributed by atoms with van der Waals surface area (Å²) in [4.78, 5) is 12.5. The Hall–Kier alpha value is -1.41. The maximum absolute atomic E-state index is 12.5. The van der Waals surface area contributed by atoms with E-state index < -0.39 is 16.1 Å². The van der Waals surface area contributed by atoms with Crippen molar-refractivity contribution in [3.05, 3.63) is 17.0 Å². The van der Waals surface area contributed by atoms with Crippen molar-refractivity contribution in [3.63, 3.8) is 0 Å². The van der Waals surface area contributed by atoms with Gasteiger partial charge in [-0.15, -0.1) is 0 Å². The van der Waals surface area contributed by atoms with E-state index in [9.17, 15) is 13.2 Å². The van der Waals surface area contributed by atoms with Gasteiger partial charge in [-0.1, -0.05) is 19.0 Å². The molecule has 2 rings (SSSR count). The molecule has 0 aliphatic carbocycles. The van der Waals surface area contributed by atoms with Crippen LogP contribution in [0, 0.1) is 13.8 Å². The lowest BCUT2D eigenvalue weighted by atomic mass is 9.99.